The molecule has 176 valence electrons. The first-order valence-electron chi connectivity index (χ1n) is 12.3. The Balaban J connectivity index is 1.53. The first kappa shape index (κ1) is 24.3. The van der Waals surface area contributed by atoms with Crippen molar-refractivity contribution >= 4 is 5.91 Å². The van der Waals surface area contributed by atoms with Crippen LogP contribution in [0.4, 0.5) is 0 Å². The fraction of sp³-hybridized carbons (Fsp3) is 0.615. The van der Waals surface area contributed by atoms with Crippen LogP contribution in [0.1, 0.15) is 76.0 Å². The van der Waals surface area contributed by atoms with Gasteiger partial charge < -0.3 is 14.5 Å². The van der Waals surface area contributed by atoms with Crippen LogP contribution in [0.3, 0.4) is 0 Å². The van der Waals surface area contributed by atoms with E-state index in [0.29, 0.717) is 31.5 Å². The van der Waals surface area contributed by atoms with Gasteiger partial charge in [0.1, 0.15) is 12.4 Å². The van der Waals surface area contributed by atoms with Gasteiger partial charge in [0.2, 0.25) is 5.91 Å². The summed E-state index contributed by atoms with van der Waals surface area (Å²) in [6.45, 7) is 7.43. The second-order valence-electron chi connectivity index (χ2n) is 9.01. The van der Waals surface area contributed by atoms with Crippen LogP contribution in [-0.4, -0.2) is 58.7 Å². The van der Waals surface area contributed by atoms with E-state index in [-0.39, 0.29) is 5.91 Å². The van der Waals surface area contributed by atoms with Crippen LogP contribution in [-0.2, 0) is 11.3 Å². The Kier molecular flexibility index (Phi) is 9.60. The molecule has 0 aliphatic heterocycles. The van der Waals surface area contributed by atoms with E-state index in [0.717, 1.165) is 44.5 Å². The van der Waals surface area contributed by atoms with E-state index in [1.54, 1.807) is 0 Å². The molecule has 0 bridgehead atoms. The molecule has 0 atom stereocenters. The normalized spacial score (nSPS) is 18.6. The molecule has 0 spiro atoms. The molecule has 1 aromatic heterocycles. The number of para-hydroxylation sites is 1. The molecular formula is C26H40N4O2. The van der Waals surface area contributed by atoms with Crippen LogP contribution in [0.15, 0.2) is 36.5 Å². The van der Waals surface area contributed by atoms with Crippen molar-refractivity contribution in [2.24, 2.45) is 0 Å². The second kappa shape index (κ2) is 12.6. The quantitative estimate of drug-likeness (QED) is 0.505. The summed E-state index contributed by atoms with van der Waals surface area (Å²) in [5.41, 5.74) is 2.62. The third-order valence-electron chi connectivity index (χ3n) is 6.60. The summed E-state index contributed by atoms with van der Waals surface area (Å²) in [5, 5.41) is 7.65. The highest BCUT2D eigenvalue weighted by Crippen LogP contribution is 2.35. The van der Waals surface area contributed by atoms with Gasteiger partial charge in [0.25, 0.3) is 0 Å². The molecule has 1 amide bonds. The predicted octanol–water partition coefficient (Wildman–Crippen LogP) is 4.99. The number of carbonyl (C=O) groups is 1. The highest BCUT2D eigenvalue weighted by molar-refractivity contribution is 5.76. The van der Waals surface area contributed by atoms with Crippen LogP contribution in [0, 0.1) is 0 Å². The lowest BCUT2D eigenvalue weighted by Crippen LogP contribution is -2.44. The number of ether oxygens (including phenoxy) is 1. The molecule has 0 unspecified atom stereocenters. The van der Waals surface area contributed by atoms with Gasteiger partial charge >= 0.3 is 0 Å². The Morgan fingerprint density at radius 2 is 1.88 bits per heavy atom. The molecule has 0 saturated heterocycles. The molecule has 6 heteroatoms. The van der Waals surface area contributed by atoms with Crippen LogP contribution in [0.25, 0.3) is 0 Å². The van der Waals surface area contributed by atoms with E-state index in [4.69, 9.17) is 4.74 Å². The van der Waals surface area contributed by atoms with Crippen LogP contribution in [0.5, 0.6) is 5.75 Å². The molecule has 0 radical (unpaired) electrons. The summed E-state index contributed by atoms with van der Waals surface area (Å²) in [6.07, 6.45) is 9.23. The molecule has 1 aliphatic carbocycles. The molecule has 32 heavy (non-hydrogen) atoms. The van der Waals surface area contributed by atoms with Crippen molar-refractivity contribution in [1.29, 1.82) is 0 Å². The van der Waals surface area contributed by atoms with Crippen molar-refractivity contribution in [3.63, 3.8) is 0 Å². The van der Waals surface area contributed by atoms with Gasteiger partial charge in [-0.3, -0.25) is 9.89 Å². The number of aromatic amines is 1. The molecule has 1 aromatic carbocycles. The van der Waals surface area contributed by atoms with E-state index in [2.05, 4.69) is 34.0 Å². The number of unbranched alkanes of at least 4 members (excludes halogenated alkanes) is 1. The number of nitrogens with zero attached hydrogens (tertiary/aromatic N) is 3. The SMILES string of the molecule is CCCCN(C)Cc1cn[nH]c1C1CCC(N(CCOc2ccccc2)C(=O)CC)CC1. The van der Waals surface area contributed by atoms with Crippen molar-refractivity contribution in [2.75, 3.05) is 26.7 Å². The summed E-state index contributed by atoms with van der Waals surface area (Å²) >= 11 is 0. The molecule has 1 saturated carbocycles. The lowest BCUT2D eigenvalue weighted by atomic mass is 9.82. The summed E-state index contributed by atoms with van der Waals surface area (Å²) in [7, 11) is 2.19. The monoisotopic (exact) mass is 440 g/mol. The van der Waals surface area contributed by atoms with E-state index >= 15 is 0 Å². The highest BCUT2D eigenvalue weighted by Gasteiger charge is 2.30. The van der Waals surface area contributed by atoms with E-state index < -0.39 is 0 Å². The molecular weight excluding hydrogens is 400 g/mol. The zero-order valence-electron chi connectivity index (χ0n) is 20.1. The molecule has 2 aromatic rings. The van der Waals surface area contributed by atoms with Crippen molar-refractivity contribution in [2.45, 2.75) is 77.3 Å². The Morgan fingerprint density at radius 3 is 2.56 bits per heavy atom. The maximum atomic E-state index is 12.7. The van der Waals surface area contributed by atoms with Crippen LogP contribution < -0.4 is 4.74 Å². The topological polar surface area (TPSA) is 61.5 Å². The number of hydrogen-bond donors (Lipinski definition) is 1. The Bertz CT molecular complexity index is 799. The van der Waals surface area contributed by atoms with Gasteiger partial charge in [-0.1, -0.05) is 38.5 Å². The number of carbonyl (C=O) groups excluding carboxylic acids is 1. The largest absolute Gasteiger partial charge is 0.492 e. The summed E-state index contributed by atoms with van der Waals surface area (Å²) < 4.78 is 5.87. The van der Waals surface area contributed by atoms with Gasteiger partial charge in [0, 0.05) is 36.2 Å². The third kappa shape index (κ3) is 6.83. The van der Waals surface area contributed by atoms with E-state index in [1.165, 1.54) is 24.1 Å². The van der Waals surface area contributed by atoms with E-state index in [9.17, 15) is 4.79 Å². The summed E-state index contributed by atoms with van der Waals surface area (Å²) in [4.78, 5) is 17.1. The highest BCUT2D eigenvalue weighted by atomic mass is 16.5. The zero-order chi connectivity index (χ0) is 22.8. The maximum Gasteiger partial charge on any atom is 0.222 e. The Hall–Kier alpha value is -2.34. The number of aromatic nitrogens is 2. The smallest absolute Gasteiger partial charge is 0.222 e. The van der Waals surface area contributed by atoms with Gasteiger partial charge in [-0.15, -0.1) is 0 Å². The van der Waals surface area contributed by atoms with Crippen molar-refractivity contribution < 1.29 is 9.53 Å². The minimum absolute atomic E-state index is 0.227. The average molecular weight is 441 g/mol. The number of H-pyrrole nitrogens is 1. The number of hydrogen-bond acceptors (Lipinski definition) is 4. The van der Waals surface area contributed by atoms with Gasteiger partial charge in [-0.25, -0.2) is 0 Å². The minimum atomic E-state index is 0.227. The molecule has 1 aliphatic rings. The maximum absolute atomic E-state index is 12.7. The first-order chi connectivity index (χ1) is 15.6. The van der Waals surface area contributed by atoms with Gasteiger partial charge in [0.05, 0.1) is 12.7 Å². The molecule has 1 fully saturated rings. The predicted molar refractivity (Wildman–Crippen MR) is 129 cm³/mol. The standard InChI is InChI=1S/C26H40N4O2/c1-4-6-16-29(3)20-22-19-27-28-26(22)21-12-14-23(15-13-21)30(25(31)5-2)17-18-32-24-10-8-7-9-11-24/h7-11,19,21,23H,4-6,12-18,20H2,1-3H3,(H,27,28). The molecule has 6 nitrogen and oxygen atoms in total. The second-order valence-corrected chi connectivity index (χ2v) is 9.01. The number of amides is 1. The lowest BCUT2D eigenvalue weighted by Gasteiger charge is -2.37. The number of rotatable bonds is 12. The molecule has 3 rings (SSSR count). The number of benzene rings is 1. The van der Waals surface area contributed by atoms with Crippen LogP contribution in [0.2, 0.25) is 0 Å². The third-order valence-corrected chi connectivity index (χ3v) is 6.60. The Labute approximate surface area is 193 Å². The lowest BCUT2D eigenvalue weighted by molar-refractivity contribution is -0.134. The van der Waals surface area contributed by atoms with Gasteiger partial charge in [-0.2, -0.15) is 5.10 Å². The summed E-state index contributed by atoms with van der Waals surface area (Å²) in [6, 6.07) is 10.1. The van der Waals surface area contributed by atoms with E-state index in [1.807, 2.05) is 43.5 Å². The van der Waals surface area contributed by atoms with Crippen molar-refractivity contribution in [1.82, 2.24) is 20.0 Å². The average Bonchev–Trinajstić information content (AvgIpc) is 3.29. The fourth-order valence-corrected chi connectivity index (χ4v) is 4.77. The minimum Gasteiger partial charge on any atom is -0.492 e. The van der Waals surface area contributed by atoms with Crippen LogP contribution >= 0.6 is 0 Å². The molecule has 1 heterocycles. The van der Waals surface area contributed by atoms with Gasteiger partial charge in [0.15, 0.2) is 0 Å². The van der Waals surface area contributed by atoms with Crippen molar-refractivity contribution in [3.8, 4) is 5.75 Å². The Morgan fingerprint density at radius 1 is 1.12 bits per heavy atom. The first-order valence-corrected chi connectivity index (χ1v) is 12.3. The van der Waals surface area contributed by atoms with Crippen molar-refractivity contribution in [3.05, 3.63) is 47.8 Å². The summed E-state index contributed by atoms with van der Waals surface area (Å²) in [5.74, 6) is 1.59. The zero-order valence-corrected chi connectivity index (χ0v) is 20.1. The molecule has 1 N–H and O–H groups in total. The number of nitrogens with one attached hydrogen (secondary N) is 1. The fourth-order valence-electron chi connectivity index (χ4n) is 4.77. The van der Waals surface area contributed by atoms with Gasteiger partial charge in [-0.05, 0) is 57.8 Å².